The molecule has 0 bridgehead atoms. The van der Waals surface area contributed by atoms with Crippen LogP contribution < -0.4 is 11.1 Å². The molecule has 1 fully saturated rings. The number of ether oxygens (including phenoxy) is 1. The van der Waals surface area contributed by atoms with E-state index < -0.39 is 0 Å². The predicted molar refractivity (Wildman–Crippen MR) is 103 cm³/mol. The molecule has 5 heteroatoms. The van der Waals surface area contributed by atoms with Crippen LogP contribution in [0.3, 0.4) is 0 Å². The Labute approximate surface area is 156 Å². The largest absolute Gasteiger partial charge is 0.469 e. The van der Waals surface area contributed by atoms with Gasteiger partial charge in [-0.25, -0.2) is 0 Å². The maximum absolute atomic E-state index is 12.8. The van der Waals surface area contributed by atoms with Crippen molar-refractivity contribution in [3.8, 4) is 0 Å². The fourth-order valence-corrected chi connectivity index (χ4v) is 3.66. The Balaban J connectivity index is 2.17. The van der Waals surface area contributed by atoms with Crippen LogP contribution in [0.2, 0.25) is 0 Å². The van der Waals surface area contributed by atoms with Crippen LogP contribution in [0.4, 0.5) is 0 Å². The standard InChI is InChI=1S/C21H32N2O3/c1-21(2,3)16-10-8-14(9-11-16)18(12-19(24)26-4)23-20(25)17-7-5-6-15(17)13-22/h8-11,15,17-18H,5-7,12-13,22H2,1-4H3,(H,23,25)/t15-,17-,18?/m1/s1. The lowest BCUT2D eigenvalue weighted by Crippen LogP contribution is -2.38. The van der Waals surface area contributed by atoms with E-state index >= 15 is 0 Å². The van der Waals surface area contributed by atoms with Crippen LogP contribution in [-0.2, 0) is 19.7 Å². The zero-order valence-corrected chi connectivity index (χ0v) is 16.4. The smallest absolute Gasteiger partial charge is 0.307 e. The first-order chi connectivity index (χ1) is 12.3. The van der Waals surface area contributed by atoms with Crippen LogP contribution in [-0.4, -0.2) is 25.5 Å². The van der Waals surface area contributed by atoms with E-state index in [1.807, 2.05) is 12.1 Å². The van der Waals surface area contributed by atoms with Crippen molar-refractivity contribution in [3.63, 3.8) is 0 Å². The first-order valence-corrected chi connectivity index (χ1v) is 9.44. The molecule has 0 aromatic heterocycles. The Morgan fingerprint density at radius 2 is 1.88 bits per heavy atom. The number of benzene rings is 1. The first-order valence-electron chi connectivity index (χ1n) is 9.44. The molecule has 144 valence electrons. The summed E-state index contributed by atoms with van der Waals surface area (Å²) in [4.78, 5) is 24.6. The Hall–Kier alpha value is -1.88. The molecular formula is C21H32N2O3. The third-order valence-corrected chi connectivity index (χ3v) is 5.39. The van der Waals surface area contributed by atoms with E-state index in [-0.39, 0.29) is 41.6 Å². The van der Waals surface area contributed by atoms with Crippen LogP contribution in [0.15, 0.2) is 24.3 Å². The Bertz CT molecular complexity index is 619. The molecule has 3 atom stereocenters. The van der Waals surface area contributed by atoms with Crippen molar-refractivity contribution in [1.29, 1.82) is 0 Å². The average molecular weight is 360 g/mol. The second-order valence-corrected chi connectivity index (χ2v) is 8.25. The number of nitrogens with two attached hydrogens (primary N) is 1. The molecule has 0 radical (unpaired) electrons. The quantitative estimate of drug-likeness (QED) is 0.764. The van der Waals surface area contributed by atoms with Gasteiger partial charge in [0.1, 0.15) is 0 Å². The number of hydrogen-bond acceptors (Lipinski definition) is 4. The normalized spacial score (nSPS) is 21.3. The van der Waals surface area contributed by atoms with Gasteiger partial charge in [0.05, 0.1) is 19.6 Å². The van der Waals surface area contributed by atoms with Crippen LogP contribution in [0, 0.1) is 11.8 Å². The molecule has 2 rings (SSSR count). The molecule has 1 unspecified atom stereocenters. The molecule has 1 aliphatic carbocycles. The highest BCUT2D eigenvalue weighted by atomic mass is 16.5. The van der Waals surface area contributed by atoms with Crippen LogP contribution in [0.5, 0.6) is 0 Å². The van der Waals surface area contributed by atoms with Gasteiger partial charge in [-0.2, -0.15) is 0 Å². The minimum absolute atomic E-state index is 0.00764. The third-order valence-electron chi connectivity index (χ3n) is 5.39. The zero-order chi connectivity index (χ0) is 19.3. The van der Waals surface area contributed by atoms with E-state index in [1.165, 1.54) is 12.7 Å². The average Bonchev–Trinajstić information content (AvgIpc) is 3.09. The highest BCUT2D eigenvalue weighted by molar-refractivity contribution is 5.81. The second kappa shape index (κ2) is 8.67. The van der Waals surface area contributed by atoms with Gasteiger partial charge in [0.2, 0.25) is 5.91 Å². The Morgan fingerprint density at radius 3 is 2.42 bits per heavy atom. The monoisotopic (exact) mass is 360 g/mol. The summed E-state index contributed by atoms with van der Waals surface area (Å²) in [6.07, 6.45) is 3.01. The topological polar surface area (TPSA) is 81.4 Å². The van der Waals surface area contributed by atoms with Gasteiger partial charge in [0, 0.05) is 5.92 Å². The zero-order valence-electron chi connectivity index (χ0n) is 16.4. The Kier molecular flexibility index (Phi) is 6.81. The lowest BCUT2D eigenvalue weighted by molar-refractivity contribution is -0.141. The van der Waals surface area contributed by atoms with Gasteiger partial charge in [-0.15, -0.1) is 0 Å². The lowest BCUT2D eigenvalue weighted by atomic mass is 9.86. The number of nitrogens with one attached hydrogen (secondary N) is 1. The molecule has 0 spiro atoms. The Morgan fingerprint density at radius 1 is 1.23 bits per heavy atom. The van der Waals surface area contributed by atoms with Crippen molar-refractivity contribution in [1.82, 2.24) is 5.32 Å². The third kappa shape index (κ3) is 5.07. The molecule has 5 nitrogen and oxygen atoms in total. The van der Waals surface area contributed by atoms with Gasteiger partial charge >= 0.3 is 5.97 Å². The summed E-state index contributed by atoms with van der Waals surface area (Å²) in [6, 6.07) is 7.71. The van der Waals surface area contributed by atoms with Crippen molar-refractivity contribution in [2.75, 3.05) is 13.7 Å². The summed E-state index contributed by atoms with van der Waals surface area (Å²) in [5.74, 6) is -0.171. The first kappa shape index (κ1) is 20.4. The van der Waals surface area contributed by atoms with Crippen molar-refractivity contribution in [2.45, 2.75) is 57.9 Å². The number of amides is 1. The molecule has 26 heavy (non-hydrogen) atoms. The van der Waals surface area contributed by atoms with Gasteiger partial charge < -0.3 is 15.8 Å². The van der Waals surface area contributed by atoms with Gasteiger partial charge in [-0.1, -0.05) is 51.5 Å². The summed E-state index contributed by atoms with van der Waals surface area (Å²) in [5, 5.41) is 3.07. The van der Waals surface area contributed by atoms with Gasteiger partial charge in [0.15, 0.2) is 0 Å². The van der Waals surface area contributed by atoms with E-state index in [0.29, 0.717) is 6.54 Å². The minimum Gasteiger partial charge on any atom is -0.469 e. The molecule has 1 aromatic rings. The van der Waals surface area contributed by atoms with Crippen molar-refractivity contribution in [2.24, 2.45) is 17.6 Å². The molecule has 1 amide bonds. The minimum atomic E-state index is -0.386. The number of rotatable bonds is 6. The van der Waals surface area contributed by atoms with Gasteiger partial charge in [0.25, 0.3) is 0 Å². The van der Waals surface area contributed by atoms with Crippen LogP contribution in [0.1, 0.15) is 63.6 Å². The SMILES string of the molecule is COC(=O)CC(NC(=O)[C@@H]1CCC[C@@H]1CN)c1ccc(C(C)(C)C)cc1. The highest BCUT2D eigenvalue weighted by Gasteiger charge is 2.33. The van der Waals surface area contributed by atoms with Crippen molar-refractivity contribution < 1.29 is 14.3 Å². The van der Waals surface area contributed by atoms with Crippen molar-refractivity contribution >= 4 is 11.9 Å². The molecule has 3 N–H and O–H groups in total. The second-order valence-electron chi connectivity index (χ2n) is 8.25. The summed E-state index contributed by atoms with van der Waals surface area (Å²) in [7, 11) is 1.37. The van der Waals surface area contributed by atoms with Gasteiger partial charge in [-0.3, -0.25) is 9.59 Å². The predicted octanol–water partition coefficient (Wildman–Crippen LogP) is 3.08. The number of methoxy groups -OCH3 is 1. The molecule has 1 aliphatic rings. The van der Waals surface area contributed by atoms with Crippen molar-refractivity contribution in [3.05, 3.63) is 35.4 Å². The number of hydrogen-bond donors (Lipinski definition) is 2. The lowest BCUT2D eigenvalue weighted by Gasteiger charge is -2.24. The molecular weight excluding hydrogens is 328 g/mol. The van der Waals surface area contributed by atoms with E-state index in [2.05, 4.69) is 38.2 Å². The van der Waals surface area contributed by atoms with E-state index in [4.69, 9.17) is 10.5 Å². The van der Waals surface area contributed by atoms with E-state index in [0.717, 1.165) is 24.8 Å². The molecule has 0 heterocycles. The molecule has 0 saturated heterocycles. The summed E-state index contributed by atoms with van der Waals surface area (Å²) < 4.78 is 4.82. The van der Waals surface area contributed by atoms with E-state index in [1.54, 1.807) is 0 Å². The van der Waals surface area contributed by atoms with E-state index in [9.17, 15) is 9.59 Å². The van der Waals surface area contributed by atoms with Crippen LogP contribution in [0.25, 0.3) is 0 Å². The summed E-state index contributed by atoms with van der Waals surface area (Å²) in [5.41, 5.74) is 7.99. The maximum atomic E-state index is 12.8. The molecule has 1 aromatic carbocycles. The number of carbonyl (C=O) groups excluding carboxylic acids is 2. The number of carbonyl (C=O) groups is 2. The summed E-state index contributed by atoms with van der Waals surface area (Å²) in [6.45, 7) is 6.99. The summed E-state index contributed by atoms with van der Waals surface area (Å²) >= 11 is 0. The maximum Gasteiger partial charge on any atom is 0.307 e. The van der Waals surface area contributed by atoms with Gasteiger partial charge in [-0.05, 0) is 41.8 Å². The fourth-order valence-electron chi connectivity index (χ4n) is 3.66. The number of esters is 1. The molecule has 0 aliphatic heterocycles. The molecule has 1 saturated carbocycles. The fraction of sp³-hybridized carbons (Fsp3) is 0.619. The van der Waals surface area contributed by atoms with Crippen LogP contribution >= 0.6 is 0 Å². The highest BCUT2D eigenvalue weighted by Crippen LogP contribution is 2.32.